The highest BCUT2D eigenvalue weighted by Crippen LogP contribution is 2.23. The van der Waals surface area contributed by atoms with E-state index in [-0.39, 0.29) is 0 Å². The highest BCUT2D eigenvalue weighted by atomic mass is 35.5. The van der Waals surface area contributed by atoms with Crippen LogP contribution in [0.3, 0.4) is 0 Å². The molecule has 0 fully saturated rings. The third-order valence-corrected chi connectivity index (χ3v) is 2.15. The number of aromatic nitrogens is 1. The zero-order valence-corrected chi connectivity index (χ0v) is 7.92. The summed E-state index contributed by atoms with van der Waals surface area (Å²) < 4.78 is 0. The van der Waals surface area contributed by atoms with E-state index >= 15 is 0 Å². The minimum Gasteiger partial charge on any atom is -0.398 e. The van der Waals surface area contributed by atoms with Gasteiger partial charge in [0.15, 0.2) is 0 Å². The van der Waals surface area contributed by atoms with Crippen LogP contribution in [-0.2, 0) is 0 Å². The Hall–Kier alpha value is -1.79. The molecule has 0 radical (unpaired) electrons. The first-order valence-electron chi connectivity index (χ1n) is 3.96. The van der Waals surface area contributed by atoms with E-state index in [9.17, 15) is 0 Å². The van der Waals surface area contributed by atoms with E-state index in [1.165, 1.54) is 0 Å². The molecule has 0 saturated carbocycles. The summed E-state index contributed by atoms with van der Waals surface area (Å²) in [6, 6.07) is 8.72. The fraction of sp³-hybridized carbons (Fsp3) is 0. The van der Waals surface area contributed by atoms with Crippen molar-refractivity contribution in [1.29, 1.82) is 5.26 Å². The van der Waals surface area contributed by atoms with Gasteiger partial charge in [-0.25, -0.2) is 4.98 Å². The van der Waals surface area contributed by atoms with Crippen LogP contribution in [0.5, 0.6) is 0 Å². The molecule has 3 nitrogen and oxygen atoms in total. The van der Waals surface area contributed by atoms with Crippen molar-refractivity contribution in [2.75, 3.05) is 5.73 Å². The minimum atomic E-state index is 0.303. The zero-order chi connectivity index (χ0) is 10.1. The largest absolute Gasteiger partial charge is 0.398 e. The number of nitrogen functional groups attached to an aromatic ring is 1. The van der Waals surface area contributed by atoms with Gasteiger partial charge in [-0.05, 0) is 24.3 Å². The first-order chi connectivity index (χ1) is 6.70. The van der Waals surface area contributed by atoms with Crippen LogP contribution >= 0.6 is 11.6 Å². The van der Waals surface area contributed by atoms with E-state index in [0.29, 0.717) is 21.9 Å². The van der Waals surface area contributed by atoms with Gasteiger partial charge in [0.2, 0.25) is 0 Å². The highest BCUT2D eigenvalue weighted by molar-refractivity contribution is 6.31. The molecular weight excluding hydrogens is 198 g/mol. The lowest BCUT2D eigenvalue weighted by molar-refractivity contribution is 1.33. The predicted octanol–water partition coefficient (Wildman–Crippen LogP) is 2.34. The molecule has 0 spiro atoms. The smallest absolute Gasteiger partial charge is 0.143 e. The fourth-order valence-corrected chi connectivity index (χ4v) is 1.45. The molecule has 1 aromatic heterocycles. The van der Waals surface area contributed by atoms with Crippen molar-refractivity contribution in [2.45, 2.75) is 0 Å². The molecule has 1 aromatic carbocycles. The number of fused-ring (bicyclic) bond motifs is 1. The molecule has 4 heteroatoms. The number of hydrogen-bond donors (Lipinski definition) is 1. The molecular formula is C10H6ClN3. The van der Waals surface area contributed by atoms with Crippen molar-refractivity contribution in [3.8, 4) is 6.07 Å². The third-order valence-electron chi connectivity index (χ3n) is 1.92. The summed E-state index contributed by atoms with van der Waals surface area (Å²) in [6.45, 7) is 0. The second-order valence-corrected chi connectivity index (χ2v) is 3.31. The van der Waals surface area contributed by atoms with Crippen LogP contribution < -0.4 is 5.73 Å². The second-order valence-electron chi connectivity index (χ2n) is 2.87. The molecule has 0 atom stereocenters. The SMILES string of the molecule is N#Cc1cc(N)c2ccc(Cl)cc2n1. The number of nitrogens with two attached hydrogens (primary N) is 1. The summed E-state index contributed by atoms with van der Waals surface area (Å²) in [4.78, 5) is 4.09. The summed E-state index contributed by atoms with van der Waals surface area (Å²) in [5, 5.41) is 10.1. The Morgan fingerprint density at radius 1 is 1.36 bits per heavy atom. The first kappa shape index (κ1) is 8.79. The van der Waals surface area contributed by atoms with Gasteiger partial charge >= 0.3 is 0 Å². The van der Waals surface area contributed by atoms with Crippen LogP contribution in [0.1, 0.15) is 5.69 Å². The van der Waals surface area contributed by atoms with E-state index in [2.05, 4.69) is 4.98 Å². The highest BCUT2D eigenvalue weighted by Gasteiger charge is 2.02. The number of pyridine rings is 1. The molecule has 2 N–H and O–H groups in total. The van der Waals surface area contributed by atoms with E-state index in [0.717, 1.165) is 5.39 Å². The Bertz CT molecular complexity index is 543. The van der Waals surface area contributed by atoms with Crippen LogP contribution in [0.2, 0.25) is 5.02 Å². The number of hydrogen-bond acceptors (Lipinski definition) is 3. The molecule has 0 aliphatic heterocycles. The van der Waals surface area contributed by atoms with Gasteiger partial charge in [-0.1, -0.05) is 11.6 Å². The number of nitrogens with zero attached hydrogens (tertiary/aromatic N) is 2. The number of rotatable bonds is 0. The van der Waals surface area contributed by atoms with Gasteiger partial charge in [0.25, 0.3) is 0 Å². The predicted molar refractivity (Wildman–Crippen MR) is 55.9 cm³/mol. The average Bonchev–Trinajstić information content (AvgIpc) is 2.16. The average molecular weight is 204 g/mol. The molecule has 14 heavy (non-hydrogen) atoms. The lowest BCUT2D eigenvalue weighted by Gasteiger charge is -2.01. The molecule has 68 valence electrons. The summed E-state index contributed by atoms with van der Waals surface area (Å²) in [5.74, 6) is 0. The molecule has 2 rings (SSSR count). The van der Waals surface area contributed by atoms with Crippen molar-refractivity contribution in [1.82, 2.24) is 4.98 Å². The van der Waals surface area contributed by atoms with Crippen LogP contribution in [0.4, 0.5) is 5.69 Å². The Morgan fingerprint density at radius 2 is 2.14 bits per heavy atom. The van der Waals surface area contributed by atoms with Crippen molar-refractivity contribution >= 4 is 28.2 Å². The second kappa shape index (κ2) is 3.17. The molecule has 0 amide bonds. The van der Waals surface area contributed by atoms with Gasteiger partial charge in [-0.2, -0.15) is 5.26 Å². The third kappa shape index (κ3) is 1.36. The van der Waals surface area contributed by atoms with Gasteiger partial charge in [0, 0.05) is 16.1 Å². The molecule has 1 heterocycles. The van der Waals surface area contributed by atoms with Crippen LogP contribution in [-0.4, -0.2) is 4.98 Å². The van der Waals surface area contributed by atoms with Crippen LogP contribution in [0.15, 0.2) is 24.3 Å². The molecule has 2 aromatic rings. The number of nitriles is 1. The molecule has 0 aliphatic rings. The van der Waals surface area contributed by atoms with E-state index < -0.39 is 0 Å². The standard InChI is InChI=1S/C10H6ClN3/c11-6-1-2-8-9(13)4-7(5-12)14-10(8)3-6/h1-4H,(H2,13,14). The Labute approximate surface area is 85.7 Å². The first-order valence-corrected chi connectivity index (χ1v) is 4.34. The Morgan fingerprint density at radius 3 is 2.86 bits per heavy atom. The maximum Gasteiger partial charge on any atom is 0.143 e. The lowest BCUT2D eigenvalue weighted by atomic mass is 10.1. The zero-order valence-electron chi connectivity index (χ0n) is 7.16. The van der Waals surface area contributed by atoms with E-state index in [4.69, 9.17) is 22.6 Å². The minimum absolute atomic E-state index is 0.303. The topological polar surface area (TPSA) is 62.7 Å². The maximum absolute atomic E-state index is 8.69. The van der Waals surface area contributed by atoms with Crippen LogP contribution in [0, 0.1) is 11.3 Å². The summed E-state index contributed by atoms with van der Waals surface area (Å²) in [7, 11) is 0. The molecule has 0 unspecified atom stereocenters. The van der Waals surface area contributed by atoms with Crippen molar-refractivity contribution in [3.05, 3.63) is 35.0 Å². The number of anilines is 1. The molecule has 0 aliphatic carbocycles. The van der Waals surface area contributed by atoms with Crippen molar-refractivity contribution < 1.29 is 0 Å². The number of halogens is 1. The van der Waals surface area contributed by atoms with Gasteiger partial charge in [-0.3, -0.25) is 0 Å². The normalized spacial score (nSPS) is 10.0. The fourth-order valence-electron chi connectivity index (χ4n) is 1.29. The van der Waals surface area contributed by atoms with Gasteiger partial charge in [0.1, 0.15) is 11.8 Å². The summed E-state index contributed by atoms with van der Waals surface area (Å²) in [6.07, 6.45) is 0. The van der Waals surface area contributed by atoms with Crippen LogP contribution in [0.25, 0.3) is 10.9 Å². The van der Waals surface area contributed by atoms with E-state index in [1.54, 1.807) is 24.3 Å². The monoisotopic (exact) mass is 203 g/mol. The van der Waals surface area contributed by atoms with Crippen molar-refractivity contribution in [2.24, 2.45) is 0 Å². The van der Waals surface area contributed by atoms with E-state index in [1.807, 2.05) is 6.07 Å². The van der Waals surface area contributed by atoms with Gasteiger partial charge in [-0.15, -0.1) is 0 Å². The molecule has 0 bridgehead atoms. The Kier molecular flexibility index (Phi) is 1.99. The maximum atomic E-state index is 8.69. The van der Waals surface area contributed by atoms with Gasteiger partial charge < -0.3 is 5.73 Å². The Balaban J connectivity index is 2.85. The molecule has 0 saturated heterocycles. The van der Waals surface area contributed by atoms with Gasteiger partial charge in [0.05, 0.1) is 5.52 Å². The number of benzene rings is 1. The summed E-state index contributed by atoms with van der Waals surface area (Å²) in [5.41, 5.74) is 7.24. The quantitative estimate of drug-likeness (QED) is 0.715. The lowest BCUT2D eigenvalue weighted by Crippen LogP contribution is -1.92. The summed E-state index contributed by atoms with van der Waals surface area (Å²) >= 11 is 5.80. The van der Waals surface area contributed by atoms with Crippen molar-refractivity contribution in [3.63, 3.8) is 0 Å².